The zero-order valence-corrected chi connectivity index (χ0v) is 12.1. The van der Waals surface area contributed by atoms with Crippen molar-refractivity contribution in [1.82, 2.24) is 9.80 Å². The second-order valence-electron chi connectivity index (χ2n) is 5.60. The second kappa shape index (κ2) is 5.59. The van der Waals surface area contributed by atoms with E-state index in [9.17, 15) is 4.39 Å². The van der Waals surface area contributed by atoms with Gasteiger partial charge in [0.2, 0.25) is 0 Å². The maximum absolute atomic E-state index is 13.2. The second-order valence-corrected chi connectivity index (χ2v) is 5.60. The van der Waals surface area contributed by atoms with Gasteiger partial charge in [-0.05, 0) is 36.5 Å². The van der Waals surface area contributed by atoms with Crippen molar-refractivity contribution in [2.75, 3.05) is 28.2 Å². The minimum absolute atomic E-state index is 0.147. The predicted molar refractivity (Wildman–Crippen MR) is 77.0 cm³/mol. The molecule has 4 heteroatoms. The summed E-state index contributed by atoms with van der Waals surface area (Å²) >= 11 is 0. The van der Waals surface area contributed by atoms with E-state index in [2.05, 4.69) is 0 Å². The van der Waals surface area contributed by atoms with Crippen molar-refractivity contribution in [2.45, 2.75) is 24.8 Å². The van der Waals surface area contributed by atoms with Crippen LogP contribution >= 0.6 is 0 Å². The number of guanidine groups is 1. The number of benzene rings is 1. The fourth-order valence-electron chi connectivity index (χ4n) is 2.52. The molecule has 1 aliphatic carbocycles. The molecule has 1 fully saturated rings. The highest BCUT2D eigenvalue weighted by Crippen LogP contribution is 2.39. The molecule has 1 aliphatic rings. The molecular weight excluding hydrogens is 241 g/mol. The molecule has 0 aliphatic heterocycles. The minimum Gasteiger partial charge on any atom is -0.349 e. The van der Waals surface area contributed by atoms with E-state index in [4.69, 9.17) is 4.99 Å². The van der Waals surface area contributed by atoms with E-state index in [1.54, 1.807) is 12.1 Å². The van der Waals surface area contributed by atoms with Crippen LogP contribution in [0.25, 0.3) is 0 Å². The lowest BCUT2D eigenvalue weighted by molar-refractivity contribution is 0.341. The fourth-order valence-corrected chi connectivity index (χ4v) is 2.52. The lowest BCUT2D eigenvalue weighted by Gasteiger charge is -2.35. The van der Waals surface area contributed by atoms with Crippen molar-refractivity contribution in [3.63, 3.8) is 0 Å². The van der Waals surface area contributed by atoms with Crippen LogP contribution in [-0.2, 0) is 0 Å². The quantitative estimate of drug-likeness (QED) is 0.603. The van der Waals surface area contributed by atoms with Gasteiger partial charge in [0.1, 0.15) is 5.82 Å². The van der Waals surface area contributed by atoms with Crippen LogP contribution in [0.4, 0.5) is 4.39 Å². The van der Waals surface area contributed by atoms with Gasteiger partial charge in [-0.15, -0.1) is 0 Å². The van der Waals surface area contributed by atoms with Crippen molar-refractivity contribution < 1.29 is 4.39 Å². The molecule has 0 aromatic heterocycles. The standard InChI is InChI=1S/C15H22FN3/c1-18(2)15(19(3)4)17-14-9-12(10-14)11-6-5-7-13(16)8-11/h5-8,12,14H,9-10H2,1-4H3. The van der Waals surface area contributed by atoms with Gasteiger partial charge in [0.05, 0.1) is 6.04 Å². The summed E-state index contributed by atoms with van der Waals surface area (Å²) in [6.07, 6.45) is 2.02. The molecule has 104 valence electrons. The van der Waals surface area contributed by atoms with Gasteiger partial charge in [0.25, 0.3) is 0 Å². The van der Waals surface area contributed by atoms with E-state index in [1.165, 1.54) is 6.07 Å². The highest BCUT2D eigenvalue weighted by atomic mass is 19.1. The number of rotatable bonds is 2. The number of aliphatic imine (C=N–C) groups is 1. The molecule has 1 aromatic rings. The maximum atomic E-state index is 13.2. The molecule has 0 N–H and O–H groups in total. The number of nitrogens with zero attached hydrogens (tertiary/aromatic N) is 3. The first-order valence-corrected chi connectivity index (χ1v) is 6.65. The van der Waals surface area contributed by atoms with Crippen molar-refractivity contribution in [3.05, 3.63) is 35.6 Å². The summed E-state index contributed by atoms with van der Waals surface area (Å²) in [5.41, 5.74) is 1.10. The first-order valence-electron chi connectivity index (χ1n) is 6.65. The van der Waals surface area contributed by atoms with Crippen LogP contribution in [0, 0.1) is 5.82 Å². The van der Waals surface area contributed by atoms with Crippen molar-refractivity contribution in [3.8, 4) is 0 Å². The summed E-state index contributed by atoms with van der Waals surface area (Å²) in [6.45, 7) is 0. The van der Waals surface area contributed by atoms with E-state index in [0.717, 1.165) is 24.4 Å². The highest BCUT2D eigenvalue weighted by molar-refractivity contribution is 5.79. The number of hydrogen-bond acceptors (Lipinski definition) is 1. The van der Waals surface area contributed by atoms with Crippen molar-refractivity contribution in [2.24, 2.45) is 4.99 Å². The largest absolute Gasteiger partial charge is 0.349 e. The average molecular weight is 263 g/mol. The van der Waals surface area contributed by atoms with Gasteiger partial charge in [-0.1, -0.05) is 12.1 Å². The predicted octanol–water partition coefficient (Wildman–Crippen LogP) is 2.55. The van der Waals surface area contributed by atoms with Crippen LogP contribution < -0.4 is 0 Å². The van der Waals surface area contributed by atoms with Gasteiger partial charge in [-0.25, -0.2) is 9.38 Å². The maximum Gasteiger partial charge on any atom is 0.195 e. The van der Waals surface area contributed by atoms with E-state index in [-0.39, 0.29) is 5.82 Å². The Kier molecular flexibility index (Phi) is 4.08. The van der Waals surface area contributed by atoms with E-state index < -0.39 is 0 Å². The summed E-state index contributed by atoms with van der Waals surface area (Å²) in [7, 11) is 8.01. The molecule has 3 nitrogen and oxygen atoms in total. The third-order valence-electron chi connectivity index (χ3n) is 3.53. The Labute approximate surface area is 114 Å². The SMILES string of the molecule is CN(C)C(=NC1CC(c2cccc(F)c2)C1)N(C)C. The Hall–Kier alpha value is -1.58. The molecule has 0 atom stereocenters. The van der Waals surface area contributed by atoms with Gasteiger partial charge >= 0.3 is 0 Å². The monoisotopic (exact) mass is 263 g/mol. The fraction of sp³-hybridized carbons (Fsp3) is 0.533. The molecule has 0 unspecified atom stereocenters. The molecule has 2 rings (SSSR count). The molecule has 0 spiro atoms. The van der Waals surface area contributed by atoms with E-state index >= 15 is 0 Å². The summed E-state index contributed by atoms with van der Waals surface area (Å²) in [5, 5.41) is 0. The molecule has 1 saturated carbocycles. The zero-order valence-electron chi connectivity index (χ0n) is 12.1. The molecule has 0 heterocycles. The van der Waals surface area contributed by atoms with Crippen molar-refractivity contribution in [1.29, 1.82) is 0 Å². The molecule has 0 radical (unpaired) electrons. The summed E-state index contributed by atoms with van der Waals surface area (Å²) in [4.78, 5) is 8.80. The topological polar surface area (TPSA) is 18.8 Å². The lowest BCUT2D eigenvalue weighted by atomic mass is 9.76. The Morgan fingerprint density at radius 1 is 1.16 bits per heavy atom. The van der Waals surface area contributed by atoms with Crippen LogP contribution in [0.3, 0.4) is 0 Å². The summed E-state index contributed by atoms with van der Waals surface area (Å²) < 4.78 is 13.2. The Bertz CT molecular complexity index is 452. The molecule has 1 aromatic carbocycles. The van der Waals surface area contributed by atoms with Crippen LogP contribution in [0.2, 0.25) is 0 Å². The van der Waals surface area contributed by atoms with E-state index in [0.29, 0.717) is 12.0 Å². The van der Waals surface area contributed by atoms with E-state index in [1.807, 2.05) is 44.1 Å². The van der Waals surface area contributed by atoms with Gasteiger partial charge < -0.3 is 9.80 Å². The van der Waals surface area contributed by atoms with Crippen LogP contribution in [0.1, 0.15) is 24.3 Å². The first-order chi connectivity index (χ1) is 8.97. The van der Waals surface area contributed by atoms with Crippen LogP contribution in [-0.4, -0.2) is 50.0 Å². The number of halogens is 1. The van der Waals surface area contributed by atoms with Crippen molar-refractivity contribution >= 4 is 5.96 Å². The van der Waals surface area contributed by atoms with Gasteiger partial charge in [0.15, 0.2) is 5.96 Å². The van der Waals surface area contributed by atoms with Gasteiger partial charge in [0, 0.05) is 28.2 Å². The Morgan fingerprint density at radius 3 is 2.32 bits per heavy atom. The van der Waals surface area contributed by atoms with Gasteiger partial charge in [-0.2, -0.15) is 0 Å². The third-order valence-corrected chi connectivity index (χ3v) is 3.53. The smallest absolute Gasteiger partial charge is 0.195 e. The molecule has 0 amide bonds. The highest BCUT2D eigenvalue weighted by Gasteiger charge is 2.31. The summed E-state index contributed by atoms with van der Waals surface area (Å²) in [5.74, 6) is 1.30. The third kappa shape index (κ3) is 3.25. The average Bonchev–Trinajstić information content (AvgIpc) is 2.26. The molecule has 19 heavy (non-hydrogen) atoms. The normalized spacial score (nSPS) is 21.5. The lowest BCUT2D eigenvalue weighted by Crippen LogP contribution is -2.38. The summed E-state index contributed by atoms with van der Waals surface area (Å²) in [6, 6.07) is 7.28. The minimum atomic E-state index is -0.147. The first kappa shape index (κ1) is 13.8. The zero-order chi connectivity index (χ0) is 14.0. The van der Waals surface area contributed by atoms with Gasteiger partial charge in [-0.3, -0.25) is 0 Å². The Morgan fingerprint density at radius 2 is 1.79 bits per heavy atom. The molecular formula is C15H22FN3. The molecule has 0 bridgehead atoms. The molecule has 0 saturated heterocycles. The van der Waals surface area contributed by atoms with Crippen LogP contribution in [0.15, 0.2) is 29.3 Å². The Balaban J connectivity index is 1.98. The van der Waals surface area contributed by atoms with Crippen LogP contribution in [0.5, 0.6) is 0 Å². The number of hydrogen-bond donors (Lipinski definition) is 0.